The van der Waals surface area contributed by atoms with Gasteiger partial charge in [-0.25, -0.2) is 18.6 Å². The number of carboxylic acid groups (broad SMARTS) is 1. The third-order valence-electron chi connectivity index (χ3n) is 3.02. The Morgan fingerprint density at radius 3 is 2.67 bits per heavy atom. The topological polar surface area (TPSA) is 55.1 Å². The monoisotopic (exact) mass is 308 g/mol. The van der Waals surface area contributed by atoms with Crippen LogP contribution in [0.4, 0.5) is 8.78 Å². The fourth-order valence-electron chi connectivity index (χ4n) is 2.09. The SMILES string of the molecule is O=C(O)c1ccc2c(c1)ncn2-c1c(F)cc(F)cc1Cl. The summed E-state index contributed by atoms with van der Waals surface area (Å²) in [5.41, 5.74) is 0.865. The highest BCUT2D eigenvalue weighted by Gasteiger charge is 2.15. The van der Waals surface area contributed by atoms with Crippen LogP contribution in [0.5, 0.6) is 0 Å². The molecule has 4 nitrogen and oxygen atoms in total. The van der Waals surface area contributed by atoms with E-state index < -0.39 is 17.6 Å². The second-order valence-electron chi connectivity index (χ2n) is 4.34. The van der Waals surface area contributed by atoms with Crippen molar-refractivity contribution in [2.24, 2.45) is 0 Å². The number of carbonyl (C=O) groups is 1. The lowest BCUT2D eigenvalue weighted by molar-refractivity contribution is 0.0697. The number of imidazole rings is 1. The molecule has 0 spiro atoms. The first kappa shape index (κ1) is 13.5. The maximum absolute atomic E-state index is 13.9. The van der Waals surface area contributed by atoms with E-state index in [0.717, 1.165) is 12.1 Å². The van der Waals surface area contributed by atoms with Crippen LogP contribution in [0.1, 0.15) is 10.4 Å². The molecule has 0 aliphatic heterocycles. The van der Waals surface area contributed by atoms with Gasteiger partial charge in [-0.3, -0.25) is 4.57 Å². The summed E-state index contributed by atoms with van der Waals surface area (Å²) in [6.07, 6.45) is 1.30. The summed E-state index contributed by atoms with van der Waals surface area (Å²) in [5, 5.41) is 8.83. The summed E-state index contributed by atoms with van der Waals surface area (Å²) in [6.45, 7) is 0. The lowest BCUT2D eigenvalue weighted by atomic mass is 10.2. The molecule has 0 radical (unpaired) electrons. The lowest BCUT2D eigenvalue weighted by Gasteiger charge is -2.08. The molecule has 1 heterocycles. The third kappa shape index (κ3) is 2.23. The molecular weight excluding hydrogens is 302 g/mol. The van der Waals surface area contributed by atoms with Gasteiger partial charge in [0.1, 0.15) is 17.8 Å². The van der Waals surface area contributed by atoms with Gasteiger partial charge in [-0.05, 0) is 24.3 Å². The number of rotatable bonds is 2. The molecule has 7 heteroatoms. The molecule has 0 unspecified atom stereocenters. The van der Waals surface area contributed by atoms with Crippen molar-refractivity contribution in [3.8, 4) is 5.69 Å². The normalized spacial score (nSPS) is 11.0. The first-order valence-corrected chi connectivity index (χ1v) is 6.20. The Balaban J connectivity index is 2.25. The van der Waals surface area contributed by atoms with E-state index in [0.29, 0.717) is 11.0 Å². The highest BCUT2D eigenvalue weighted by Crippen LogP contribution is 2.28. The molecule has 0 saturated heterocycles. The predicted molar refractivity (Wildman–Crippen MR) is 73.0 cm³/mol. The number of benzene rings is 2. The molecule has 106 valence electrons. The maximum Gasteiger partial charge on any atom is 0.335 e. The van der Waals surface area contributed by atoms with Crippen molar-refractivity contribution in [3.05, 3.63) is 58.9 Å². The maximum atomic E-state index is 13.9. The zero-order valence-corrected chi connectivity index (χ0v) is 11.1. The number of fused-ring (bicyclic) bond motifs is 1. The van der Waals surface area contributed by atoms with Gasteiger partial charge in [0.05, 0.1) is 21.6 Å². The summed E-state index contributed by atoms with van der Waals surface area (Å²) >= 11 is 5.89. The van der Waals surface area contributed by atoms with Crippen LogP contribution in [0.15, 0.2) is 36.7 Å². The van der Waals surface area contributed by atoms with Crippen molar-refractivity contribution >= 4 is 28.6 Å². The van der Waals surface area contributed by atoms with Gasteiger partial charge >= 0.3 is 5.97 Å². The first-order chi connectivity index (χ1) is 9.97. The highest BCUT2D eigenvalue weighted by molar-refractivity contribution is 6.32. The van der Waals surface area contributed by atoms with E-state index in [1.165, 1.54) is 29.1 Å². The van der Waals surface area contributed by atoms with E-state index in [1.54, 1.807) is 0 Å². The van der Waals surface area contributed by atoms with E-state index in [-0.39, 0.29) is 16.3 Å². The lowest BCUT2D eigenvalue weighted by Crippen LogP contribution is -1.99. The molecule has 21 heavy (non-hydrogen) atoms. The first-order valence-electron chi connectivity index (χ1n) is 5.82. The zero-order valence-electron chi connectivity index (χ0n) is 10.3. The summed E-state index contributed by atoms with van der Waals surface area (Å²) in [6, 6.07) is 5.95. The van der Waals surface area contributed by atoms with Crippen LogP contribution in [-0.4, -0.2) is 20.6 Å². The minimum atomic E-state index is -1.09. The Bertz CT molecular complexity index is 854. The van der Waals surface area contributed by atoms with Gasteiger partial charge in [0.25, 0.3) is 0 Å². The molecule has 0 bridgehead atoms. The third-order valence-corrected chi connectivity index (χ3v) is 3.30. The molecule has 0 fully saturated rings. The van der Waals surface area contributed by atoms with Gasteiger partial charge in [0.2, 0.25) is 0 Å². The number of carboxylic acids is 1. The van der Waals surface area contributed by atoms with Crippen molar-refractivity contribution in [3.63, 3.8) is 0 Å². The summed E-state index contributed by atoms with van der Waals surface area (Å²) < 4.78 is 28.4. The van der Waals surface area contributed by atoms with Crippen LogP contribution >= 0.6 is 11.6 Å². The van der Waals surface area contributed by atoms with E-state index in [9.17, 15) is 13.6 Å². The Kier molecular flexibility index (Phi) is 3.10. The Morgan fingerprint density at radius 1 is 1.24 bits per heavy atom. The van der Waals surface area contributed by atoms with Gasteiger partial charge in [0.15, 0.2) is 5.82 Å². The zero-order chi connectivity index (χ0) is 15.1. The van der Waals surface area contributed by atoms with Crippen LogP contribution in [0, 0.1) is 11.6 Å². The average molecular weight is 309 g/mol. The number of aromatic carboxylic acids is 1. The van der Waals surface area contributed by atoms with Crippen LogP contribution < -0.4 is 0 Å². The molecule has 3 rings (SSSR count). The number of halogens is 3. The molecule has 0 aliphatic rings. The molecule has 2 aromatic carbocycles. The quantitative estimate of drug-likeness (QED) is 0.786. The van der Waals surface area contributed by atoms with Crippen LogP contribution in [-0.2, 0) is 0 Å². The summed E-state index contributed by atoms with van der Waals surface area (Å²) in [5.74, 6) is -2.70. The average Bonchev–Trinajstić information content (AvgIpc) is 2.80. The minimum absolute atomic E-state index is 0.0383. The molecule has 0 amide bonds. The van der Waals surface area contributed by atoms with Crippen LogP contribution in [0.25, 0.3) is 16.7 Å². The van der Waals surface area contributed by atoms with Crippen molar-refractivity contribution in [1.82, 2.24) is 9.55 Å². The molecule has 0 aliphatic carbocycles. The number of hydrogen-bond acceptors (Lipinski definition) is 2. The van der Waals surface area contributed by atoms with Gasteiger partial charge in [-0.2, -0.15) is 0 Å². The Labute approximate surface area is 122 Å². The van der Waals surface area contributed by atoms with Gasteiger partial charge in [-0.15, -0.1) is 0 Å². The second-order valence-corrected chi connectivity index (χ2v) is 4.75. The number of hydrogen-bond donors (Lipinski definition) is 1. The smallest absolute Gasteiger partial charge is 0.335 e. The van der Waals surface area contributed by atoms with Crippen LogP contribution in [0.3, 0.4) is 0 Å². The Hall–Kier alpha value is -2.47. The molecule has 3 aromatic rings. The molecule has 1 N–H and O–H groups in total. The summed E-state index contributed by atoms with van der Waals surface area (Å²) in [7, 11) is 0. The molecule has 0 atom stereocenters. The standard InChI is InChI=1S/C14H7ClF2N2O2/c15-9-4-8(16)5-10(17)13(9)19-6-18-11-3-7(14(20)21)1-2-12(11)19/h1-6H,(H,20,21). The van der Waals surface area contributed by atoms with Crippen molar-refractivity contribution < 1.29 is 18.7 Å². The fraction of sp³-hybridized carbons (Fsp3) is 0. The van der Waals surface area contributed by atoms with Gasteiger partial charge in [-0.1, -0.05) is 11.6 Å². The van der Waals surface area contributed by atoms with Gasteiger partial charge in [0, 0.05) is 6.07 Å². The summed E-state index contributed by atoms with van der Waals surface area (Å²) in [4.78, 5) is 14.9. The van der Waals surface area contributed by atoms with E-state index in [2.05, 4.69) is 4.98 Å². The van der Waals surface area contributed by atoms with Gasteiger partial charge < -0.3 is 5.11 Å². The van der Waals surface area contributed by atoms with E-state index >= 15 is 0 Å². The second kappa shape index (κ2) is 4.82. The fourth-order valence-corrected chi connectivity index (χ4v) is 2.37. The van der Waals surface area contributed by atoms with E-state index in [1.807, 2.05) is 0 Å². The van der Waals surface area contributed by atoms with Crippen LogP contribution in [0.2, 0.25) is 5.02 Å². The predicted octanol–water partition coefficient (Wildman–Crippen LogP) is 3.66. The molecular formula is C14H7ClF2N2O2. The Morgan fingerprint density at radius 2 is 2.00 bits per heavy atom. The van der Waals surface area contributed by atoms with E-state index in [4.69, 9.17) is 16.7 Å². The van der Waals surface area contributed by atoms with Crippen molar-refractivity contribution in [2.45, 2.75) is 0 Å². The molecule has 0 saturated carbocycles. The number of nitrogens with zero attached hydrogens (tertiary/aromatic N) is 2. The van der Waals surface area contributed by atoms with Crippen molar-refractivity contribution in [1.29, 1.82) is 0 Å². The number of aromatic nitrogens is 2. The molecule has 1 aromatic heterocycles. The van der Waals surface area contributed by atoms with Crippen molar-refractivity contribution in [2.75, 3.05) is 0 Å². The highest BCUT2D eigenvalue weighted by atomic mass is 35.5. The minimum Gasteiger partial charge on any atom is -0.478 e. The largest absolute Gasteiger partial charge is 0.478 e.